The summed E-state index contributed by atoms with van der Waals surface area (Å²) in [6.07, 6.45) is 0. The standard InChI is InChI=1S/C19H24BrNO3/c1-13(15-8-6-7-9-16(15)22-3)21(2)12-14-10-11-17(23-4)19(24-5)18(14)20/h6-11,13H,12H2,1-5H3. The number of halogens is 1. The van der Waals surface area contributed by atoms with E-state index in [0.29, 0.717) is 11.5 Å². The lowest BCUT2D eigenvalue weighted by Crippen LogP contribution is -2.22. The van der Waals surface area contributed by atoms with E-state index >= 15 is 0 Å². The fraction of sp³-hybridized carbons (Fsp3) is 0.368. The maximum absolute atomic E-state index is 5.48. The quantitative estimate of drug-likeness (QED) is 0.683. The molecule has 1 atom stereocenters. The van der Waals surface area contributed by atoms with Crippen LogP contribution >= 0.6 is 15.9 Å². The highest BCUT2D eigenvalue weighted by Crippen LogP contribution is 2.38. The van der Waals surface area contributed by atoms with Crippen LogP contribution in [0.5, 0.6) is 17.2 Å². The van der Waals surface area contributed by atoms with Crippen molar-refractivity contribution >= 4 is 15.9 Å². The van der Waals surface area contributed by atoms with Crippen molar-refractivity contribution in [3.05, 3.63) is 52.0 Å². The molecule has 0 saturated carbocycles. The third-order valence-electron chi connectivity index (χ3n) is 4.23. The largest absolute Gasteiger partial charge is 0.496 e. The molecule has 0 radical (unpaired) electrons. The second-order valence-electron chi connectivity index (χ2n) is 5.61. The van der Waals surface area contributed by atoms with Crippen LogP contribution in [0.25, 0.3) is 0 Å². The minimum atomic E-state index is 0.209. The number of methoxy groups -OCH3 is 3. The Hall–Kier alpha value is -1.72. The van der Waals surface area contributed by atoms with Gasteiger partial charge in [0, 0.05) is 18.2 Å². The van der Waals surface area contributed by atoms with Gasteiger partial charge in [-0.3, -0.25) is 4.90 Å². The Morgan fingerprint density at radius 1 is 0.958 bits per heavy atom. The first kappa shape index (κ1) is 18.6. The zero-order valence-corrected chi connectivity index (χ0v) is 16.4. The molecule has 0 aromatic heterocycles. The number of benzene rings is 2. The van der Waals surface area contributed by atoms with Crippen molar-refractivity contribution in [1.29, 1.82) is 0 Å². The van der Waals surface area contributed by atoms with Crippen molar-refractivity contribution in [2.24, 2.45) is 0 Å². The summed E-state index contributed by atoms with van der Waals surface area (Å²) in [6.45, 7) is 2.94. The summed E-state index contributed by atoms with van der Waals surface area (Å²) < 4.78 is 17.2. The molecular weight excluding hydrogens is 370 g/mol. The minimum absolute atomic E-state index is 0.209. The van der Waals surface area contributed by atoms with Crippen LogP contribution in [-0.2, 0) is 6.54 Å². The van der Waals surface area contributed by atoms with Gasteiger partial charge in [0.15, 0.2) is 11.5 Å². The maximum atomic E-state index is 5.48. The zero-order chi connectivity index (χ0) is 17.7. The van der Waals surface area contributed by atoms with Gasteiger partial charge in [-0.25, -0.2) is 0 Å². The van der Waals surface area contributed by atoms with E-state index in [1.165, 1.54) is 5.56 Å². The first-order valence-corrected chi connectivity index (χ1v) is 8.55. The van der Waals surface area contributed by atoms with Gasteiger partial charge in [0.2, 0.25) is 0 Å². The molecule has 2 aromatic rings. The second-order valence-corrected chi connectivity index (χ2v) is 6.40. The van der Waals surface area contributed by atoms with Gasteiger partial charge in [-0.15, -0.1) is 0 Å². The highest BCUT2D eigenvalue weighted by Gasteiger charge is 2.19. The lowest BCUT2D eigenvalue weighted by atomic mass is 10.1. The third-order valence-corrected chi connectivity index (χ3v) is 5.10. The van der Waals surface area contributed by atoms with Crippen LogP contribution in [0.3, 0.4) is 0 Å². The monoisotopic (exact) mass is 393 g/mol. The van der Waals surface area contributed by atoms with E-state index in [1.807, 2.05) is 24.3 Å². The van der Waals surface area contributed by atoms with E-state index in [1.54, 1.807) is 21.3 Å². The van der Waals surface area contributed by atoms with Gasteiger partial charge in [0.1, 0.15) is 5.75 Å². The molecule has 130 valence electrons. The predicted octanol–water partition coefficient (Wildman–Crippen LogP) is 4.67. The van der Waals surface area contributed by atoms with E-state index in [0.717, 1.165) is 22.3 Å². The molecule has 4 nitrogen and oxygen atoms in total. The summed E-state index contributed by atoms with van der Waals surface area (Å²) in [6, 6.07) is 12.3. The van der Waals surface area contributed by atoms with E-state index in [9.17, 15) is 0 Å². The van der Waals surface area contributed by atoms with Crippen LogP contribution in [0, 0.1) is 0 Å². The molecule has 0 aliphatic rings. The van der Waals surface area contributed by atoms with Crippen LogP contribution in [0.2, 0.25) is 0 Å². The van der Waals surface area contributed by atoms with Crippen LogP contribution in [0.1, 0.15) is 24.1 Å². The average Bonchev–Trinajstić information content (AvgIpc) is 2.62. The second kappa shape index (κ2) is 8.40. The van der Waals surface area contributed by atoms with Crippen LogP contribution < -0.4 is 14.2 Å². The van der Waals surface area contributed by atoms with Crippen LogP contribution in [0.15, 0.2) is 40.9 Å². The van der Waals surface area contributed by atoms with Crippen LogP contribution in [0.4, 0.5) is 0 Å². The summed E-state index contributed by atoms with van der Waals surface area (Å²) in [5.74, 6) is 2.34. The predicted molar refractivity (Wildman–Crippen MR) is 100 cm³/mol. The SMILES string of the molecule is COc1ccccc1C(C)N(C)Cc1ccc(OC)c(OC)c1Br. The number of nitrogens with zero attached hydrogens (tertiary/aromatic N) is 1. The maximum Gasteiger partial charge on any atom is 0.175 e. The minimum Gasteiger partial charge on any atom is -0.496 e. The fourth-order valence-electron chi connectivity index (χ4n) is 2.71. The number of rotatable bonds is 7. The molecule has 0 fully saturated rings. The first-order chi connectivity index (χ1) is 11.5. The van der Waals surface area contributed by atoms with Gasteiger partial charge in [0.25, 0.3) is 0 Å². The number of hydrogen-bond acceptors (Lipinski definition) is 4. The van der Waals surface area contributed by atoms with Gasteiger partial charge >= 0.3 is 0 Å². The summed E-state index contributed by atoms with van der Waals surface area (Å²) in [7, 11) is 7.09. The smallest absolute Gasteiger partial charge is 0.175 e. The average molecular weight is 394 g/mol. The molecule has 0 aliphatic carbocycles. The number of para-hydroxylation sites is 1. The highest BCUT2D eigenvalue weighted by molar-refractivity contribution is 9.10. The molecule has 0 heterocycles. The fourth-order valence-corrected chi connectivity index (χ4v) is 3.32. The third kappa shape index (κ3) is 3.84. The highest BCUT2D eigenvalue weighted by atomic mass is 79.9. The molecule has 1 unspecified atom stereocenters. The van der Waals surface area contributed by atoms with Crippen molar-refractivity contribution in [2.75, 3.05) is 28.4 Å². The van der Waals surface area contributed by atoms with Crippen molar-refractivity contribution in [1.82, 2.24) is 4.90 Å². The van der Waals surface area contributed by atoms with E-state index in [4.69, 9.17) is 14.2 Å². The molecule has 0 saturated heterocycles. The van der Waals surface area contributed by atoms with Gasteiger partial charge in [0.05, 0.1) is 25.8 Å². The van der Waals surface area contributed by atoms with Gasteiger partial charge in [-0.05, 0) is 47.6 Å². The van der Waals surface area contributed by atoms with Gasteiger partial charge < -0.3 is 14.2 Å². The van der Waals surface area contributed by atoms with Crippen molar-refractivity contribution in [3.8, 4) is 17.2 Å². The Morgan fingerprint density at radius 3 is 2.25 bits per heavy atom. The molecule has 0 bridgehead atoms. The Balaban J connectivity index is 2.24. The van der Waals surface area contributed by atoms with Crippen molar-refractivity contribution in [2.45, 2.75) is 19.5 Å². The number of hydrogen-bond donors (Lipinski definition) is 0. The topological polar surface area (TPSA) is 30.9 Å². The lowest BCUT2D eigenvalue weighted by molar-refractivity contribution is 0.246. The summed E-state index contributed by atoms with van der Waals surface area (Å²) >= 11 is 3.64. The van der Waals surface area contributed by atoms with E-state index in [2.05, 4.69) is 46.9 Å². The number of ether oxygens (including phenoxy) is 3. The Bertz CT molecular complexity index is 690. The molecule has 0 N–H and O–H groups in total. The lowest BCUT2D eigenvalue weighted by Gasteiger charge is -2.27. The molecule has 2 aromatic carbocycles. The zero-order valence-electron chi connectivity index (χ0n) is 14.8. The molecule has 5 heteroatoms. The summed E-state index contributed by atoms with van der Waals surface area (Å²) in [4.78, 5) is 2.27. The van der Waals surface area contributed by atoms with E-state index < -0.39 is 0 Å². The first-order valence-electron chi connectivity index (χ1n) is 7.76. The molecule has 0 amide bonds. The van der Waals surface area contributed by atoms with Crippen molar-refractivity contribution < 1.29 is 14.2 Å². The Morgan fingerprint density at radius 2 is 1.62 bits per heavy atom. The van der Waals surface area contributed by atoms with E-state index in [-0.39, 0.29) is 6.04 Å². The molecular formula is C19H24BrNO3. The van der Waals surface area contributed by atoms with Gasteiger partial charge in [-0.2, -0.15) is 0 Å². The summed E-state index contributed by atoms with van der Waals surface area (Å²) in [5, 5.41) is 0. The molecule has 2 rings (SSSR count). The normalized spacial score (nSPS) is 12.1. The van der Waals surface area contributed by atoms with Crippen molar-refractivity contribution in [3.63, 3.8) is 0 Å². The van der Waals surface area contributed by atoms with Gasteiger partial charge in [-0.1, -0.05) is 24.3 Å². The summed E-state index contributed by atoms with van der Waals surface area (Å²) in [5.41, 5.74) is 2.30. The molecule has 0 spiro atoms. The Kier molecular flexibility index (Phi) is 6.52. The molecule has 24 heavy (non-hydrogen) atoms. The Labute approximate surface area is 152 Å². The molecule has 0 aliphatic heterocycles. The van der Waals surface area contributed by atoms with Crippen LogP contribution in [-0.4, -0.2) is 33.3 Å².